The number of hydrogen-bond acceptors (Lipinski definition) is 4. The van der Waals surface area contributed by atoms with Crippen molar-refractivity contribution in [3.8, 4) is 0 Å². The number of carbonyl (C=O) groups is 1. The number of piperidine rings is 1. The molecule has 4 bridgehead atoms. The normalized spacial score (nSPS) is 35.4. The Balaban J connectivity index is 1.18. The Bertz CT molecular complexity index is 719. The average molecular weight is 398 g/mol. The lowest BCUT2D eigenvalue weighted by molar-refractivity contribution is -0.157. The number of urea groups is 1. The van der Waals surface area contributed by atoms with Crippen LogP contribution in [0.2, 0.25) is 0 Å². The lowest BCUT2D eigenvalue weighted by Crippen LogP contribution is -2.62. The van der Waals surface area contributed by atoms with Crippen LogP contribution in [0.1, 0.15) is 69.1 Å². The van der Waals surface area contributed by atoms with Crippen molar-refractivity contribution in [3.05, 3.63) is 11.8 Å². The molecule has 1 aromatic heterocycles. The third-order valence-electron chi connectivity index (χ3n) is 7.22. The molecule has 154 valence electrons. The molecule has 9 heteroatoms. The quantitative estimate of drug-likeness (QED) is 0.819. The van der Waals surface area contributed by atoms with E-state index in [2.05, 4.69) is 15.5 Å². The third-order valence-corrected chi connectivity index (χ3v) is 7.22. The molecule has 1 aromatic rings. The van der Waals surface area contributed by atoms with E-state index < -0.39 is 12.1 Å². The Labute approximate surface area is 161 Å². The maximum Gasteiger partial charge on any atom is 0.470 e. The van der Waals surface area contributed by atoms with E-state index in [1.165, 1.54) is 19.3 Å². The Hall–Kier alpha value is -1.80. The molecular weight excluding hydrogens is 373 g/mol. The molecule has 28 heavy (non-hydrogen) atoms. The second-order valence-corrected chi connectivity index (χ2v) is 9.33. The minimum atomic E-state index is -4.62. The summed E-state index contributed by atoms with van der Waals surface area (Å²) in [6, 6.07) is -0.0260. The van der Waals surface area contributed by atoms with Crippen LogP contribution in [0.25, 0.3) is 0 Å². The van der Waals surface area contributed by atoms with Gasteiger partial charge in [0.05, 0.1) is 0 Å². The number of halogens is 3. The smallest absolute Gasteiger partial charge is 0.417 e. The first-order valence-electron chi connectivity index (χ1n) is 10.3. The van der Waals surface area contributed by atoms with Crippen LogP contribution in [-0.4, -0.2) is 39.8 Å². The highest BCUT2D eigenvalue weighted by atomic mass is 19.4. The van der Waals surface area contributed by atoms with Crippen molar-refractivity contribution in [2.24, 2.45) is 17.8 Å². The van der Waals surface area contributed by atoms with Crippen LogP contribution in [0, 0.1) is 17.8 Å². The van der Waals surface area contributed by atoms with Gasteiger partial charge in [-0.2, -0.15) is 13.2 Å². The molecule has 6 nitrogen and oxygen atoms in total. The fraction of sp³-hybridized carbons (Fsp3) is 0.842. The molecule has 6 rings (SSSR count). The molecule has 2 heterocycles. The third kappa shape index (κ3) is 3.26. The second-order valence-electron chi connectivity index (χ2n) is 9.33. The number of carbonyl (C=O) groups excluding carboxylic acids is 1. The highest BCUT2D eigenvalue weighted by Gasteiger charge is 2.52. The average Bonchev–Trinajstić information content (AvgIpc) is 3.11. The van der Waals surface area contributed by atoms with Gasteiger partial charge in [0.1, 0.15) is 0 Å². The van der Waals surface area contributed by atoms with Gasteiger partial charge < -0.3 is 14.6 Å². The van der Waals surface area contributed by atoms with Gasteiger partial charge in [-0.3, -0.25) is 0 Å². The second kappa shape index (κ2) is 6.35. The molecule has 0 unspecified atom stereocenters. The van der Waals surface area contributed by atoms with Crippen LogP contribution >= 0.6 is 0 Å². The summed E-state index contributed by atoms with van der Waals surface area (Å²) in [5.74, 6) is 0.776. The van der Waals surface area contributed by atoms with Crippen LogP contribution in [-0.2, 0) is 6.18 Å². The van der Waals surface area contributed by atoms with Crippen molar-refractivity contribution in [1.82, 2.24) is 20.4 Å². The van der Waals surface area contributed by atoms with Crippen LogP contribution < -0.4 is 5.32 Å². The van der Waals surface area contributed by atoms with Crippen molar-refractivity contribution < 1.29 is 22.4 Å². The van der Waals surface area contributed by atoms with Gasteiger partial charge in [0, 0.05) is 24.5 Å². The van der Waals surface area contributed by atoms with Gasteiger partial charge in [0.25, 0.3) is 0 Å². The van der Waals surface area contributed by atoms with Crippen molar-refractivity contribution in [1.29, 1.82) is 0 Å². The first-order chi connectivity index (χ1) is 13.3. The van der Waals surface area contributed by atoms with E-state index in [0.717, 1.165) is 37.0 Å². The van der Waals surface area contributed by atoms with Gasteiger partial charge in [0.2, 0.25) is 5.89 Å². The monoisotopic (exact) mass is 398 g/mol. The molecule has 0 atom stereocenters. The largest absolute Gasteiger partial charge is 0.470 e. The molecule has 2 amide bonds. The van der Waals surface area contributed by atoms with E-state index in [1.54, 1.807) is 4.90 Å². The van der Waals surface area contributed by atoms with E-state index in [4.69, 9.17) is 4.42 Å². The standard InChI is InChI=1S/C19H25F3N4O2/c20-19(21,22)16-25-24-15(28-16)14-1-3-26(4-2-14)17(27)23-18-8-11-5-12(9-18)7-13(6-11)10-18/h11-14H,1-10H2,(H,23,27). The summed E-state index contributed by atoms with van der Waals surface area (Å²) in [7, 11) is 0. The molecule has 1 N–H and O–H groups in total. The summed E-state index contributed by atoms with van der Waals surface area (Å²) in [5, 5.41) is 10.0. The van der Waals surface area contributed by atoms with Crippen LogP contribution in [0.15, 0.2) is 4.42 Å². The predicted octanol–water partition coefficient (Wildman–Crippen LogP) is 3.95. The molecule has 4 aliphatic carbocycles. The van der Waals surface area contributed by atoms with E-state index in [1.807, 2.05) is 0 Å². The van der Waals surface area contributed by atoms with Crippen LogP contribution in [0.3, 0.4) is 0 Å². The molecule has 1 saturated heterocycles. The zero-order chi connectivity index (χ0) is 19.5. The van der Waals surface area contributed by atoms with Gasteiger partial charge in [-0.05, 0) is 69.1 Å². The summed E-state index contributed by atoms with van der Waals surface area (Å²) >= 11 is 0. The van der Waals surface area contributed by atoms with Crippen molar-refractivity contribution in [2.75, 3.05) is 13.1 Å². The first kappa shape index (κ1) is 18.2. The van der Waals surface area contributed by atoms with Crippen molar-refractivity contribution >= 4 is 6.03 Å². The summed E-state index contributed by atoms with van der Waals surface area (Å²) in [4.78, 5) is 14.7. The molecule has 0 radical (unpaired) electrons. The summed E-state index contributed by atoms with van der Waals surface area (Å²) in [5.41, 5.74) is -0.0310. The number of nitrogens with zero attached hydrogens (tertiary/aromatic N) is 3. The lowest BCUT2D eigenvalue weighted by atomic mass is 9.53. The predicted molar refractivity (Wildman–Crippen MR) is 92.3 cm³/mol. The maximum atomic E-state index is 12.9. The minimum absolute atomic E-state index is 0.0217. The minimum Gasteiger partial charge on any atom is -0.417 e. The number of aromatic nitrogens is 2. The van der Waals surface area contributed by atoms with Gasteiger partial charge >= 0.3 is 18.1 Å². The number of nitrogens with one attached hydrogen (secondary N) is 1. The van der Waals surface area contributed by atoms with Gasteiger partial charge in [-0.1, -0.05) is 0 Å². The van der Waals surface area contributed by atoms with Gasteiger partial charge in [-0.25, -0.2) is 4.79 Å². The van der Waals surface area contributed by atoms with Crippen LogP contribution in [0.5, 0.6) is 0 Å². The number of amides is 2. The van der Waals surface area contributed by atoms with Crippen LogP contribution in [0.4, 0.5) is 18.0 Å². The number of alkyl halides is 3. The molecule has 1 aliphatic heterocycles. The molecule has 5 aliphatic rings. The zero-order valence-electron chi connectivity index (χ0n) is 15.7. The zero-order valence-corrected chi connectivity index (χ0v) is 15.7. The van der Waals surface area contributed by atoms with E-state index in [-0.39, 0.29) is 23.4 Å². The number of hydrogen-bond donors (Lipinski definition) is 1. The Morgan fingerprint density at radius 1 is 1.04 bits per heavy atom. The fourth-order valence-corrected chi connectivity index (χ4v) is 6.41. The summed E-state index contributed by atoms with van der Waals surface area (Å²) < 4.78 is 42.7. The van der Waals surface area contributed by atoms with E-state index >= 15 is 0 Å². The Morgan fingerprint density at radius 3 is 2.11 bits per heavy atom. The van der Waals surface area contributed by atoms with Crippen molar-refractivity contribution in [2.45, 2.75) is 69.0 Å². The molecular formula is C19H25F3N4O2. The maximum absolute atomic E-state index is 12.9. The molecule has 0 spiro atoms. The highest BCUT2D eigenvalue weighted by molar-refractivity contribution is 5.75. The highest BCUT2D eigenvalue weighted by Crippen LogP contribution is 2.55. The van der Waals surface area contributed by atoms with Crippen molar-refractivity contribution in [3.63, 3.8) is 0 Å². The molecule has 0 aromatic carbocycles. The summed E-state index contributed by atoms with van der Waals surface area (Å²) in [6.45, 7) is 0.985. The number of likely N-dealkylation sites (tertiary alicyclic amines) is 1. The SMILES string of the molecule is O=C(NC12CC3CC(CC(C3)C1)C2)N1CCC(c2nnc(C(F)(F)F)o2)CC1. The Morgan fingerprint density at radius 2 is 1.61 bits per heavy atom. The first-order valence-corrected chi connectivity index (χ1v) is 10.3. The molecule has 4 saturated carbocycles. The molecule has 5 fully saturated rings. The lowest BCUT2D eigenvalue weighted by Gasteiger charge is -2.57. The fourth-order valence-electron chi connectivity index (χ4n) is 6.41. The van der Waals surface area contributed by atoms with Gasteiger partial charge in [-0.15, -0.1) is 10.2 Å². The topological polar surface area (TPSA) is 71.3 Å². The number of rotatable bonds is 2. The van der Waals surface area contributed by atoms with Gasteiger partial charge in [0.15, 0.2) is 0 Å². The van der Waals surface area contributed by atoms with E-state index in [9.17, 15) is 18.0 Å². The Kier molecular flexibility index (Phi) is 4.14. The van der Waals surface area contributed by atoms with E-state index in [0.29, 0.717) is 25.9 Å². The summed E-state index contributed by atoms with van der Waals surface area (Å²) in [6.07, 6.45) is 3.72.